The van der Waals surface area contributed by atoms with E-state index in [4.69, 9.17) is 23.6 Å². The van der Waals surface area contributed by atoms with Crippen LogP contribution in [0.15, 0.2) is 70.2 Å². The fourth-order valence-corrected chi connectivity index (χ4v) is 4.67. The van der Waals surface area contributed by atoms with E-state index >= 15 is 0 Å². The molecule has 9 heteroatoms. The molecule has 8 nitrogen and oxygen atoms in total. The monoisotopic (exact) mass is 488 g/mol. The molecule has 0 aliphatic rings. The van der Waals surface area contributed by atoms with Gasteiger partial charge in [-0.05, 0) is 43.3 Å². The Balaban J connectivity index is 1.43. The van der Waals surface area contributed by atoms with Gasteiger partial charge in [0.1, 0.15) is 0 Å². The van der Waals surface area contributed by atoms with Gasteiger partial charge in [-0.25, -0.2) is 4.98 Å². The number of aromatic nitrogens is 4. The van der Waals surface area contributed by atoms with Crippen LogP contribution >= 0.6 is 11.8 Å². The lowest BCUT2D eigenvalue weighted by molar-refractivity contribution is 0.324. The van der Waals surface area contributed by atoms with Gasteiger partial charge in [-0.2, -0.15) is 0 Å². The van der Waals surface area contributed by atoms with Crippen molar-refractivity contribution in [2.45, 2.75) is 17.8 Å². The number of methoxy groups -OCH3 is 3. The number of ether oxygens (including phenoxy) is 3. The molecule has 0 aliphatic heterocycles. The van der Waals surface area contributed by atoms with Crippen molar-refractivity contribution >= 4 is 22.8 Å². The lowest BCUT2D eigenvalue weighted by atomic mass is 10.2. The molecule has 35 heavy (non-hydrogen) atoms. The molecule has 5 aromatic rings. The van der Waals surface area contributed by atoms with E-state index in [1.165, 1.54) is 5.56 Å². The van der Waals surface area contributed by atoms with Crippen molar-refractivity contribution < 1.29 is 18.6 Å². The number of aryl methyl sites for hydroxylation is 1. The summed E-state index contributed by atoms with van der Waals surface area (Å²) in [5.74, 6) is 2.86. The molecule has 0 saturated carbocycles. The second-order valence-corrected chi connectivity index (χ2v) is 8.70. The zero-order valence-electron chi connectivity index (χ0n) is 19.8. The maximum absolute atomic E-state index is 5.97. The highest BCUT2D eigenvalue weighted by molar-refractivity contribution is 7.98. The molecule has 5 rings (SSSR count). The van der Waals surface area contributed by atoms with Crippen molar-refractivity contribution in [1.29, 1.82) is 0 Å². The lowest BCUT2D eigenvalue weighted by Crippen LogP contribution is -1.97. The van der Waals surface area contributed by atoms with Crippen LogP contribution in [0.4, 0.5) is 0 Å². The van der Waals surface area contributed by atoms with E-state index in [0.717, 1.165) is 21.9 Å². The van der Waals surface area contributed by atoms with Crippen LogP contribution in [-0.2, 0) is 5.75 Å². The summed E-state index contributed by atoms with van der Waals surface area (Å²) < 4.78 is 24.4. The number of para-hydroxylation sites is 2. The molecular weight excluding hydrogens is 464 g/mol. The predicted octanol–water partition coefficient (Wildman–Crippen LogP) is 5.70. The van der Waals surface area contributed by atoms with Gasteiger partial charge in [0.05, 0.1) is 38.1 Å². The topological polar surface area (TPSA) is 84.4 Å². The number of fused-ring (bicyclic) bond motifs is 1. The highest BCUT2D eigenvalue weighted by Crippen LogP contribution is 2.41. The molecule has 0 amide bonds. The fraction of sp³-hybridized carbons (Fsp3) is 0.192. The Morgan fingerprint density at radius 3 is 2.29 bits per heavy atom. The van der Waals surface area contributed by atoms with Gasteiger partial charge in [-0.15, -0.1) is 10.2 Å². The normalized spacial score (nSPS) is 11.1. The molecule has 0 N–H and O–H groups in total. The minimum Gasteiger partial charge on any atom is -0.493 e. The van der Waals surface area contributed by atoms with E-state index in [1.807, 2.05) is 18.2 Å². The van der Waals surface area contributed by atoms with Gasteiger partial charge in [0, 0.05) is 11.3 Å². The fourth-order valence-electron chi connectivity index (χ4n) is 3.80. The summed E-state index contributed by atoms with van der Waals surface area (Å²) in [5, 5.41) is 9.32. The lowest BCUT2D eigenvalue weighted by Gasteiger charge is -2.12. The number of thioether (sulfide) groups is 1. The minimum absolute atomic E-state index is 0.367. The molecule has 0 bridgehead atoms. The van der Waals surface area contributed by atoms with Gasteiger partial charge in [0.2, 0.25) is 17.5 Å². The molecule has 0 saturated heterocycles. The Morgan fingerprint density at radius 1 is 0.886 bits per heavy atom. The molecule has 0 aliphatic carbocycles. The Labute approximate surface area is 206 Å². The van der Waals surface area contributed by atoms with Crippen LogP contribution in [0.3, 0.4) is 0 Å². The Hall–Kier alpha value is -3.98. The molecule has 2 heterocycles. The highest BCUT2D eigenvalue weighted by atomic mass is 32.2. The van der Waals surface area contributed by atoms with Gasteiger partial charge in [-0.3, -0.25) is 4.57 Å². The van der Waals surface area contributed by atoms with Gasteiger partial charge in [0.25, 0.3) is 0 Å². The summed E-state index contributed by atoms with van der Waals surface area (Å²) in [7, 11) is 4.69. The molecule has 0 fully saturated rings. The van der Waals surface area contributed by atoms with Crippen molar-refractivity contribution in [3.8, 4) is 34.4 Å². The average Bonchev–Trinajstić information content (AvgIpc) is 3.51. The molecule has 0 spiro atoms. The number of hydrogen-bond acceptors (Lipinski definition) is 8. The summed E-state index contributed by atoms with van der Waals surface area (Å²) >= 11 is 1.54. The SMILES string of the molecule is COc1cc(-c2nnc(CSc3nc4ccccc4n3-c3ccc(C)cc3)o2)cc(OC)c1OC. The smallest absolute Gasteiger partial charge is 0.248 e. The first kappa shape index (κ1) is 22.8. The third-order valence-electron chi connectivity index (χ3n) is 5.53. The first-order valence-corrected chi connectivity index (χ1v) is 11.9. The van der Waals surface area contributed by atoms with Crippen molar-refractivity contribution in [3.05, 3.63) is 72.1 Å². The Kier molecular flexibility index (Phi) is 6.33. The summed E-state index contributed by atoms with van der Waals surface area (Å²) in [4.78, 5) is 4.85. The second kappa shape index (κ2) is 9.71. The quantitative estimate of drug-likeness (QED) is 0.257. The summed E-state index contributed by atoms with van der Waals surface area (Å²) in [6.45, 7) is 2.08. The first-order valence-electron chi connectivity index (χ1n) is 10.9. The van der Waals surface area contributed by atoms with Gasteiger partial charge >= 0.3 is 0 Å². The zero-order valence-corrected chi connectivity index (χ0v) is 20.6. The van der Waals surface area contributed by atoms with Crippen molar-refractivity contribution in [3.63, 3.8) is 0 Å². The second-order valence-electron chi connectivity index (χ2n) is 7.76. The minimum atomic E-state index is 0.367. The maximum Gasteiger partial charge on any atom is 0.248 e. The van der Waals surface area contributed by atoms with Crippen LogP contribution in [0.5, 0.6) is 17.2 Å². The van der Waals surface area contributed by atoms with E-state index in [-0.39, 0.29) is 0 Å². The molecule has 2 aromatic heterocycles. The number of hydrogen-bond donors (Lipinski definition) is 0. The number of nitrogens with zero attached hydrogens (tertiary/aromatic N) is 4. The van der Waals surface area contributed by atoms with Crippen molar-refractivity contribution in [2.24, 2.45) is 0 Å². The molecule has 0 atom stereocenters. The molecule has 0 unspecified atom stereocenters. The van der Waals surface area contributed by atoms with E-state index in [9.17, 15) is 0 Å². The van der Waals surface area contributed by atoms with Crippen LogP contribution in [-0.4, -0.2) is 41.1 Å². The summed E-state index contributed by atoms with van der Waals surface area (Å²) in [5.41, 5.74) is 4.91. The van der Waals surface area contributed by atoms with E-state index in [2.05, 4.69) is 52.0 Å². The third-order valence-corrected chi connectivity index (χ3v) is 6.45. The standard InChI is InChI=1S/C26H24N4O4S/c1-16-9-11-18(12-10-16)30-20-8-6-5-7-19(20)27-26(30)35-15-23-28-29-25(34-23)17-13-21(31-2)24(33-4)22(14-17)32-3/h5-14H,15H2,1-4H3. The van der Waals surface area contributed by atoms with E-state index in [0.29, 0.717) is 40.3 Å². The molecular formula is C26H24N4O4S. The van der Waals surface area contributed by atoms with Crippen LogP contribution in [0.2, 0.25) is 0 Å². The molecule has 3 aromatic carbocycles. The third kappa shape index (κ3) is 4.42. The number of rotatable bonds is 8. The number of imidazole rings is 1. The van der Waals surface area contributed by atoms with Crippen LogP contribution < -0.4 is 14.2 Å². The van der Waals surface area contributed by atoms with Crippen molar-refractivity contribution in [2.75, 3.05) is 21.3 Å². The van der Waals surface area contributed by atoms with E-state index < -0.39 is 0 Å². The zero-order chi connectivity index (χ0) is 24.4. The van der Waals surface area contributed by atoms with Crippen LogP contribution in [0.25, 0.3) is 28.2 Å². The van der Waals surface area contributed by atoms with Gasteiger partial charge in [0.15, 0.2) is 16.7 Å². The van der Waals surface area contributed by atoms with Crippen molar-refractivity contribution in [1.82, 2.24) is 19.7 Å². The maximum atomic E-state index is 5.97. The summed E-state index contributed by atoms with van der Waals surface area (Å²) in [6, 6.07) is 20.0. The largest absolute Gasteiger partial charge is 0.493 e. The highest BCUT2D eigenvalue weighted by Gasteiger charge is 2.19. The average molecular weight is 489 g/mol. The van der Waals surface area contributed by atoms with Gasteiger partial charge in [-0.1, -0.05) is 41.6 Å². The number of benzene rings is 3. The van der Waals surface area contributed by atoms with E-state index in [1.54, 1.807) is 45.2 Å². The van der Waals surface area contributed by atoms with Gasteiger partial charge < -0.3 is 18.6 Å². The predicted molar refractivity (Wildman–Crippen MR) is 135 cm³/mol. The van der Waals surface area contributed by atoms with Crippen LogP contribution in [0.1, 0.15) is 11.5 Å². The summed E-state index contributed by atoms with van der Waals surface area (Å²) in [6.07, 6.45) is 0. The first-order chi connectivity index (χ1) is 17.1. The Morgan fingerprint density at radius 2 is 1.60 bits per heavy atom. The van der Waals surface area contributed by atoms with Crippen LogP contribution in [0, 0.1) is 6.92 Å². The molecule has 0 radical (unpaired) electrons. The Bertz CT molecular complexity index is 1450. The molecule has 178 valence electrons.